The van der Waals surface area contributed by atoms with Gasteiger partial charge in [-0.3, -0.25) is 10.1 Å². The van der Waals surface area contributed by atoms with Gasteiger partial charge in [-0.1, -0.05) is 11.6 Å². The van der Waals surface area contributed by atoms with Crippen LogP contribution in [0.2, 0.25) is 5.02 Å². The number of hydrogen-bond acceptors (Lipinski definition) is 4. The van der Waals surface area contributed by atoms with Crippen molar-refractivity contribution in [2.45, 2.75) is 32.4 Å². The van der Waals surface area contributed by atoms with Gasteiger partial charge in [0.25, 0.3) is 0 Å². The van der Waals surface area contributed by atoms with Crippen molar-refractivity contribution in [2.75, 3.05) is 13.2 Å². The van der Waals surface area contributed by atoms with Crippen LogP contribution in [0.3, 0.4) is 0 Å². The number of carboxylic acids is 1. The summed E-state index contributed by atoms with van der Waals surface area (Å²) in [5.41, 5.74) is -0.148. The van der Waals surface area contributed by atoms with Crippen LogP contribution in [0.1, 0.15) is 25.8 Å². The van der Waals surface area contributed by atoms with Crippen molar-refractivity contribution >= 4 is 17.6 Å². The van der Waals surface area contributed by atoms with Crippen LogP contribution in [0.5, 0.6) is 11.5 Å². The molecule has 0 amide bonds. The molecule has 0 atom stereocenters. The number of carboxylic acid groups (broad SMARTS) is 1. The first-order chi connectivity index (χ1) is 9.40. The number of ether oxygens (including phenoxy) is 2. The highest BCUT2D eigenvalue weighted by Crippen LogP contribution is 2.38. The molecule has 0 fully saturated rings. The molecule has 1 aromatic rings. The van der Waals surface area contributed by atoms with Crippen molar-refractivity contribution in [1.82, 2.24) is 5.32 Å². The summed E-state index contributed by atoms with van der Waals surface area (Å²) in [5.74, 6) is 0.267. The zero-order valence-electron chi connectivity index (χ0n) is 11.5. The van der Waals surface area contributed by atoms with Crippen LogP contribution < -0.4 is 14.8 Å². The van der Waals surface area contributed by atoms with Crippen molar-refractivity contribution in [2.24, 2.45) is 0 Å². The Morgan fingerprint density at radius 1 is 1.40 bits per heavy atom. The normalized spacial score (nSPS) is 14.8. The second kappa shape index (κ2) is 5.89. The molecule has 0 saturated carbocycles. The smallest absolute Gasteiger partial charge is 0.323 e. The third-order valence-corrected chi connectivity index (χ3v) is 3.41. The molecule has 110 valence electrons. The van der Waals surface area contributed by atoms with E-state index >= 15 is 0 Å². The van der Waals surface area contributed by atoms with Gasteiger partial charge < -0.3 is 14.6 Å². The molecule has 5 nitrogen and oxygen atoms in total. The summed E-state index contributed by atoms with van der Waals surface area (Å²) in [6.45, 7) is 4.77. The number of aliphatic carboxylic acids is 1. The average molecular weight is 300 g/mol. The molecule has 0 unspecified atom stereocenters. The Hall–Kier alpha value is -1.46. The number of nitrogens with one attached hydrogen (secondary N) is 1. The fourth-order valence-electron chi connectivity index (χ4n) is 1.78. The lowest BCUT2D eigenvalue weighted by molar-refractivity contribution is -0.143. The van der Waals surface area contributed by atoms with E-state index in [4.69, 9.17) is 26.2 Å². The molecule has 2 N–H and O–H groups in total. The van der Waals surface area contributed by atoms with Crippen LogP contribution in [0.25, 0.3) is 0 Å². The van der Waals surface area contributed by atoms with E-state index in [1.807, 2.05) is 6.07 Å². The highest BCUT2D eigenvalue weighted by Gasteiger charge is 2.26. The SMILES string of the molecule is CC(C)(NCc1cc(Cl)c2c(c1)OCCCO2)C(=O)O. The molecule has 1 heterocycles. The summed E-state index contributed by atoms with van der Waals surface area (Å²) in [6, 6.07) is 3.59. The Morgan fingerprint density at radius 3 is 2.80 bits per heavy atom. The first-order valence-corrected chi connectivity index (χ1v) is 6.84. The van der Waals surface area contributed by atoms with Gasteiger partial charge in [0.1, 0.15) is 5.54 Å². The fraction of sp³-hybridized carbons (Fsp3) is 0.500. The maximum atomic E-state index is 11.1. The Bertz CT molecular complexity index is 516. The van der Waals surface area contributed by atoms with E-state index in [0.29, 0.717) is 36.3 Å². The molecule has 1 aliphatic heterocycles. The van der Waals surface area contributed by atoms with Gasteiger partial charge in [-0.15, -0.1) is 0 Å². The predicted octanol–water partition coefficient (Wildman–Crippen LogP) is 2.45. The summed E-state index contributed by atoms with van der Waals surface area (Å²) in [4.78, 5) is 11.1. The quantitative estimate of drug-likeness (QED) is 0.894. The standard InChI is InChI=1S/C14H18ClNO4/c1-14(2,13(17)18)16-8-9-6-10(15)12-11(7-9)19-4-3-5-20-12/h6-7,16H,3-5,8H2,1-2H3,(H,17,18). The average Bonchev–Trinajstić information content (AvgIpc) is 2.62. The molecule has 0 bridgehead atoms. The van der Waals surface area contributed by atoms with E-state index in [-0.39, 0.29) is 0 Å². The zero-order chi connectivity index (χ0) is 14.8. The number of rotatable bonds is 4. The van der Waals surface area contributed by atoms with E-state index in [2.05, 4.69) is 5.32 Å². The van der Waals surface area contributed by atoms with Crippen LogP contribution in [-0.2, 0) is 11.3 Å². The van der Waals surface area contributed by atoms with Gasteiger partial charge in [0.2, 0.25) is 0 Å². The van der Waals surface area contributed by atoms with E-state index in [1.165, 1.54) is 0 Å². The van der Waals surface area contributed by atoms with Gasteiger partial charge in [0, 0.05) is 13.0 Å². The van der Waals surface area contributed by atoms with Crippen LogP contribution >= 0.6 is 11.6 Å². The maximum Gasteiger partial charge on any atom is 0.323 e. The van der Waals surface area contributed by atoms with E-state index < -0.39 is 11.5 Å². The Morgan fingerprint density at radius 2 is 2.10 bits per heavy atom. The highest BCUT2D eigenvalue weighted by molar-refractivity contribution is 6.32. The summed E-state index contributed by atoms with van der Waals surface area (Å²) in [6.07, 6.45) is 0.810. The lowest BCUT2D eigenvalue weighted by Crippen LogP contribution is -2.46. The summed E-state index contributed by atoms with van der Waals surface area (Å²) < 4.78 is 11.1. The molecule has 0 aromatic heterocycles. The molecule has 0 spiro atoms. The molecular formula is C14H18ClNO4. The minimum atomic E-state index is -1.00. The second-order valence-corrected chi connectivity index (χ2v) is 5.65. The first-order valence-electron chi connectivity index (χ1n) is 6.46. The number of fused-ring (bicyclic) bond motifs is 1. The van der Waals surface area contributed by atoms with Gasteiger partial charge in [0.15, 0.2) is 11.5 Å². The van der Waals surface area contributed by atoms with Crippen molar-refractivity contribution in [3.63, 3.8) is 0 Å². The van der Waals surface area contributed by atoms with Crippen molar-refractivity contribution < 1.29 is 19.4 Å². The molecule has 1 aromatic carbocycles. The highest BCUT2D eigenvalue weighted by atomic mass is 35.5. The van der Waals surface area contributed by atoms with Crippen LogP contribution in [0.4, 0.5) is 0 Å². The van der Waals surface area contributed by atoms with Gasteiger partial charge in [-0.05, 0) is 31.5 Å². The number of hydrogen-bond donors (Lipinski definition) is 2. The lowest BCUT2D eigenvalue weighted by atomic mass is 10.1. The number of benzene rings is 1. The van der Waals surface area contributed by atoms with E-state index in [0.717, 1.165) is 12.0 Å². The Balaban J connectivity index is 2.16. The lowest BCUT2D eigenvalue weighted by Gasteiger charge is -2.21. The van der Waals surface area contributed by atoms with Crippen molar-refractivity contribution in [3.8, 4) is 11.5 Å². The zero-order valence-corrected chi connectivity index (χ0v) is 12.3. The third kappa shape index (κ3) is 3.35. The molecule has 6 heteroatoms. The molecular weight excluding hydrogens is 282 g/mol. The van der Waals surface area contributed by atoms with Gasteiger partial charge in [-0.2, -0.15) is 0 Å². The van der Waals surface area contributed by atoms with Crippen molar-refractivity contribution in [3.05, 3.63) is 22.7 Å². The Kier molecular flexibility index (Phi) is 4.40. The van der Waals surface area contributed by atoms with E-state index in [1.54, 1.807) is 19.9 Å². The molecule has 1 aliphatic rings. The maximum absolute atomic E-state index is 11.1. The predicted molar refractivity (Wildman–Crippen MR) is 75.6 cm³/mol. The van der Waals surface area contributed by atoms with Gasteiger partial charge in [-0.25, -0.2) is 0 Å². The van der Waals surface area contributed by atoms with Gasteiger partial charge >= 0.3 is 5.97 Å². The molecule has 0 saturated heterocycles. The Labute approximate surface area is 122 Å². The minimum absolute atomic E-state index is 0.385. The van der Waals surface area contributed by atoms with Crippen LogP contribution in [-0.4, -0.2) is 29.8 Å². The molecule has 0 aliphatic carbocycles. The molecule has 0 radical (unpaired) electrons. The fourth-order valence-corrected chi connectivity index (χ4v) is 2.07. The molecule has 2 rings (SSSR count). The van der Waals surface area contributed by atoms with Crippen molar-refractivity contribution in [1.29, 1.82) is 0 Å². The summed E-state index contributed by atoms with van der Waals surface area (Å²) in [7, 11) is 0. The summed E-state index contributed by atoms with van der Waals surface area (Å²) in [5, 5.41) is 12.5. The van der Waals surface area contributed by atoms with Crippen LogP contribution in [0, 0.1) is 0 Å². The van der Waals surface area contributed by atoms with Crippen LogP contribution in [0.15, 0.2) is 12.1 Å². The monoisotopic (exact) mass is 299 g/mol. The topological polar surface area (TPSA) is 67.8 Å². The first kappa shape index (κ1) is 14.9. The largest absolute Gasteiger partial charge is 0.489 e. The number of carbonyl (C=O) groups is 1. The van der Waals surface area contributed by atoms with E-state index in [9.17, 15) is 4.79 Å². The minimum Gasteiger partial charge on any atom is -0.489 e. The summed E-state index contributed by atoms with van der Waals surface area (Å²) >= 11 is 6.18. The molecule has 20 heavy (non-hydrogen) atoms. The second-order valence-electron chi connectivity index (χ2n) is 5.24. The number of halogens is 1. The van der Waals surface area contributed by atoms with Gasteiger partial charge in [0.05, 0.1) is 18.2 Å². The third-order valence-electron chi connectivity index (χ3n) is 3.13.